The van der Waals surface area contributed by atoms with Gasteiger partial charge in [-0.2, -0.15) is 0 Å². The molecule has 2 saturated heterocycles. The SMILES string of the molecule is CC(Cc1ccc(O)cc1)N1CC2CCCCN2CC1C. The molecule has 3 heteroatoms. The summed E-state index contributed by atoms with van der Waals surface area (Å²) in [6, 6.07) is 9.67. The second-order valence-corrected chi connectivity index (χ2v) is 6.91. The topological polar surface area (TPSA) is 26.7 Å². The largest absolute Gasteiger partial charge is 0.508 e. The minimum Gasteiger partial charge on any atom is -0.508 e. The molecule has 1 aromatic rings. The summed E-state index contributed by atoms with van der Waals surface area (Å²) >= 11 is 0. The summed E-state index contributed by atoms with van der Waals surface area (Å²) in [5, 5.41) is 9.40. The molecule has 0 aliphatic carbocycles. The van der Waals surface area contributed by atoms with Crippen LogP contribution in [-0.4, -0.2) is 52.7 Å². The molecule has 2 aliphatic rings. The quantitative estimate of drug-likeness (QED) is 0.926. The number of phenols is 1. The number of rotatable bonds is 3. The fraction of sp³-hybridized carbons (Fsp3) is 0.667. The zero-order valence-corrected chi connectivity index (χ0v) is 13.3. The number of piperidine rings is 1. The highest BCUT2D eigenvalue weighted by Crippen LogP contribution is 2.26. The van der Waals surface area contributed by atoms with Crippen LogP contribution in [0.25, 0.3) is 0 Å². The van der Waals surface area contributed by atoms with E-state index in [2.05, 4.69) is 23.6 Å². The van der Waals surface area contributed by atoms with Crippen molar-refractivity contribution in [2.45, 2.75) is 57.7 Å². The molecule has 2 heterocycles. The van der Waals surface area contributed by atoms with Crippen LogP contribution < -0.4 is 0 Å². The Morgan fingerprint density at radius 1 is 1.19 bits per heavy atom. The normalized spacial score (nSPS) is 29.0. The first-order valence-electron chi connectivity index (χ1n) is 8.41. The van der Waals surface area contributed by atoms with Gasteiger partial charge in [0.1, 0.15) is 5.75 Å². The molecule has 2 fully saturated rings. The molecular formula is C18H28N2O. The maximum Gasteiger partial charge on any atom is 0.115 e. The van der Waals surface area contributed by atoms with Crippen LogP contribution in [-0.2, 0) is 6.42 Å². The van der Waals surface area contributed by atoms with Crippen molar-refractivity contribution in [3.63, 3.8) is 0 Å². The van der Waals surface area contributed by atoms with Crippen LogP contribution in [0.5, 0.6) is 5.75 Å². The van der Waals surface area contributed by atoms with Crippen molar-refractivity contribution in [1.82, 2.24) is 9.80 Å². The first-order valence-corrected chi connectivity index (χ1v) is 8.41. The predicted octanol–water partition coefficient (Wildman–Crippen LogP) is 2.88. The molecule has 21 heavy (non-hydrogen) atoms. The highest BCUT2D eigenvalue weighted by atomic mass is 16.3. The van der Waals surface area contributed by atoms with Gasteiger partial charge in [0, 0.05) is 31.2 Å². The summed E-state index contributed by atoms with van der Waals surface area (Å²) < 4.78 is 0. The van der Waals surface area contributed by atoms with E-state index in [1.165, 1.54) is 44.5 Å². The third-order valence-electron chi connectivity index (χ3n) is 5.27. The fourth-order valence-electron chi connectivity index (χ4n) is 4.08. The van der Waals surface area contributed by atoms with Crippen molar-refractivity contribution in [1.29, 1.82) is 0 Å². The molecule has 1 N–H and O–H groups in total. The average Bonchev–Trinajstić information content (AvgIpc) is 2.49. The van der Waals surface area contributed by atoms with Gasteiger partial charge in [-0.1, -0.05) is 18.6 Å². The van der Waals surface area contributed by atoms with Gasteiger partial charge in [-0.25, -0.2) is 0 Å². The number of piperazine rings is 1. The Kier molecular flexibility index (Phi) is 4.51. The molecule has 1 aromatic carbocycles. The number of fused-ring (bicyclic) bond motifs is 1. The molecule has 0 saturated carbocycles. The maximum atomic E-state index is 9.40. The Labute approximate surface area is 128 Å². The number of hydrogen-bond acceptors (Lipinski definition) is 3. The second-order valence-electron chi connectivity index (χ2n) is 6.91. The molecule has 3 nitrogen and oxygen atoms in total. The highest BCUT2D eigenvalue weighted by molar-refractivity contribution is 5.26. The van der Waals surface area contributed by atoms with Crippen molar-refractivity contribution in [3.05, 3.63) is 29.8 Å². The van der Waals surface area contributed by atoms with Crippen molar-refractivity contribution in [3.8, 4) is 5.75 Å². The van der Waals surface area contributed by atoms with E-state index in [0.717, 1.165) is 12.5 Å². The zero-order chi connectivity index (χ0) is 14.8. The van der Waals surface area contributed by atoms with E-state index >= 15 is 0 Å². The van der Waals surface area contributed by atoms with Gasteiger partial charge in [-0.15, -0.1) is 0 Å². The van der Waals surface area contributed by atoms with E-state index in [0.29, 0.717) is 17.8 Å². The second kappa shape index (κ2) is 6.37. The molecule has 116 valence electrons. The van der Waals surface area contributed by atoms with E-state index in [4.69, 9.17) is 0 Å². The molecule has 3 atom stereocenters. The monoisotopic (exact) mass is 288 g/mol. The molecule has 0 radical (unpaired) electrons. The van der Waals surface area contributed by atoms with Crippen LogP contribution in [0.4, 0.5) is 0 Å². The van der Waals surface area contributed by atoms with Crippen LogP contribution >= 0.6 is 0 Å². The first-order chi connectivity index (χ1) is 10.1. The standard InChI is InChI=1S/C18H28N2O/c1-14(11-16-6-8-18(21)9-7-16)20-13-17-5-3-4-10-19(17)12-15(20)2/h6-9,14-15,17,21H,3-5,10-13H2,1-2H3. The molecule has 2 aliphatic heterocycles. The van der Waals surface area contributed by atoms with E-state index in [1.807, 2.05) is 12.1 Å². The minimum absolute atomic E-state index is 0.357. The van der Waals surface area contributed by atoms with Crippen LogP contribution in [0, 0.1) is 0 Å². The van der Waals surface area contributed by atoms with Gasteiger partial charge in [0.05, 0.1) is 0 Å². The zero-order valence-electron chi connectivity index (χ0n) is 13.3. The van der Waals surface area contributed by atoms with Crippen LogP contribution in [0.15, 0.2) is 24.3 Å². The smallest absolute Gasteiger partial charge is 0.115 e. The van der Waals surface area contributed by atoms with E-state index in [1.54, 1.807) is 12.1 Å². The maximum absolute atomic E-state index is 9.40. The van der Waals surface area contributed by atoms with Crippen LogP contribution in [0.1, 0.15) is 38.7 Å². The molecular weight excluding hydrogens is 260 g/mol. The minimum atomic E-state index is 0.357. The molecule has 0 bridgehead atoms. The molecule has 3 rings (SSSR count). The van der Waals surface area contributed by atoms with Crippen molar-refractivity contribution < 1.29 is 5.11 Å². The molecule has 0 aromatic heterocycles. The van der Waals surface area contributed by atoms with E-state index < -0.39 is 0 Å². The lowest BCUT2D eigenvalue weighted by molar-refractivity contribution is -0.00385. The number of benzene rings is 1. The lowest BCUT2D eigenvalue weighted by atomic mass is 9.95. The Morgan fingerprint density at radius 2 is 1.95 bits per heavy atom. The average molecular weight is 288 g/mol. The van der Waals surface area contributed by atoms with Crippen molar-refractivity contribution >= 4 is 0 Å². The highest BCUT2D eigenvalue weighted by Gasteiger charge is 2.34. The molecule has 0 spiro atoms. The number of nitrogens with zero attached hydrogens (tertiary/aromatic N) is 2. The third kappa shape index (κ3) is 3.41. The van der Waals surface area contributed by atoms with Gasteiger partial charge in [0.15, 0.2) is 0 Å². The Balaban J connectivity index is 1.63. The van der Waals surface area contributed by atoms with Crippen molar-refractivity contribution in [2.24, 2.45) is 0 Å². The van der Waals surface area contributed by atoms with Gasteiger partial charge in [0.25, 0.3) is 0 Å². The summed E-state index contributed by atoms with van der Waals surface area (Å²) in [7, 11) is 0. The molecule has 0 amide bonds. The van der Waals surface area contributed by atoms with E-state index in [-0.39, 0.29) is 0 Å². The number of aromatic hydroxyl groups is 1. The summed E-state index contributed by atoms with van der Waals surface area (Å²) in [6.07, 6.45) is 5.22. The summed E-state index contributed by atoms with van der Waals surface area (Å²) in [5.74, 6) is 0.357. The van der Waals surface area contributed by atoms with Gasteiger partial charge in [-0.3, -0.25) is 9.80 Å². The van der Waals surface area contributed by atoms with Gasteiger partial charge >= 0.3 is 0 Å². The van der Waals surface area contributed by atoms with E-state index in [9.17, 15) is 5.11 Å². The summed E-state index contributed by atoms with van der Waals surface area (Å²) in [4.78, 5) is 5.40. The van der Waals surface area contributed by atoms with Gasteiger partial charge in [0.2, 0.25) is 0 Å². The van der Waals surface area contributed by atoms with Gasteiger partial charge < -0.3 is 5.11 Å². The Hall–Kier alpha value is -1.06. The fourth-order valence-corrected chi connectivity index (χ4v) is 4.08. The lowest BCUT2D eigenvalue weighted by Gasteiger charge is -2.49. The predicted molar refractivity (Wildman–Crippen MR) is 86.7 cm³/mol. The first kappa shape index (κ1) is 14.9. The van der Waals surface area contributed by atoms with Gasteiger partial charge in [-0.05, 0) is 57.4 Å². The summed E-state index contributed by atoms with van der Waals surface area (Å²) in [5.41, 5.74) is 1.32. The lowest BCUT2D eigenvalue weighted by Crippen LogP contribution is -2.60. The summed E-state index contributed by atoms with van der Waals surface area (Å²) in [6.45, 7) is 8.47. The molecule has 3 unspecified atom stereocenters. The van der Waals surface area contributed by atoms with Crippen molar-refractivity contribution in [2.75, 3.05) is 19.6 Å². The third-order valence-corrected chi connectivity index (χ3v) is 5.27. The number of hydrogen-bond donors (Lipinski definition) is 1. The van der Waals surface area contributed by atoms with Crippen LogP contribution in [0.2, 0.25) is 0 Å². The Bertz CT molecular complexity index is 459. The Morgan fingerprint density at radius 3 is 2.71 bits per heavy atom. The number of phenolic OH excluding ortho intramolecular Hbond substituents is 1. The van der Waals surface area contributed by atoms with Crippen LogP contribution in [0.3, 0.4) is 0 Å².